The van der Waals surface area contributed by atoms with Crippen molar-refractivity contribution in [3.63, 3.8) is 0 Å². The Morgan fingerprint density at radius 2 is 1.95 bits per heavy atom. The molecule has 0 radical (unpaired) electrons. The van der Waals surface area contributed by atoms with Crippen molar-refractivity contribution in [3.05, 3.63) is 23.8 Å². The zero-order valence-corrected chi connectivity index (χ0v) is 13.3. The molecular formula is C16H27N3O2. The van der Waals surface area contributed by atoms with Gasteiger partial charge in [0.15, 0.2) is 0 Å². The van der Waals surface area contributed by atoms with E-state index in [1.165, 1.54) is 6.42 Å². The minimum Gasteiger partial charge on any atom is -0.497 e. The van der Waals surface area contributed by atoms with Crippen LogP contribution in [-0.2, 0) is 0 Å². The molecular weight excluding hydrogens is 266 g/mol. The van der Waals surface area contributed by atoms with Gasteiger partial charge in [0.2, 0.25) is 0 Å². The number of likely N-dealkylation sites (N-methyl/N-ethyl adjacent to an activating group) is 1. The summed E-state index contributed by atoms with van der Waals surface area (Å²) in [5, 5.41) is 0. The van der Waals surface area contributed by atoms with Crippen LogP contribution in [0.25, 0.3) is 0 Å². The monoisotopic (exact) mass is 293 g/mol. The summed E-state index contributed by atoms with van der Waals surface area (Å²) in [7, 11) is 5.54. The SMILES string of the molecule is COc1ccc(C(CN)N2CCCN(C)CC2)c(OC)c1. The highest BCUT2D eigenvalue weighted by molar-refractivity contribution is 5.42. The van der Waals surface area contributed by atoms with Gasteiger partial charge in [-0.2, -0.15) is 0 Å². The predicted octanol–water partition coefficient (Wildman–Crippen LogP) is 1.34. The van der Waals surface area contributed by atoms with E-state index in [1.54, 1.807) is 14.2 Å². The lowest BCUT2D eigenvalue weighted by molar-refractivity contribution is 0.204. The topological polar surface area (TPSA) is 51.0 Å². The Hall–Kier alpha value is -1.30. The highest BCUT2D eigenvalue weighted by Crippen LogP contribution is 2.32. The number of nitrogens with zero attached hydrogens (tertiary/aromatic N) is 2. The molecule has 2 N–H and O–H groups in total. The lowest BCUT2D eigenvalue weighted by Crippen LogP contribution is -2.36. The van der Waals surface area contributed by atoms with E-state index in [4.69, 9.17) is 15.2 Å². The van der Waals surface area contributed by atoms with Crippen molar-refractivity contribution in [2.24, 2.45) is 5.73 Å². The zero-order chi connectivity index (χ0) is 15.2. The van der Waals surface area contributed by atoms with Gasteiger partial charge in [0.05, 0.1) is 20.3 Å². The van der Waals surface area contributed by atoms with E-state index >= 15 is 0 Å². The van der Waals surface area contributed by atoms with E-state index in [0.29, 0.717) is 6.54 Å². The first-order valence-electron chi connectivity index (χ1n) is 7.54. The van der Waals surface area contributed by atoms with Gasteiger partial charge < -0.3 is 20.1 Å². The van der Waals surface area contributed by atoms with Crippen LogP contribution in [0.1, 0.15) is 18.0 Å². The summed E-state index contributed by atoms with van der Waals surface area (Å²) in [6, 6.07) is 6.17. The average molecular weight is 293 g/mol. The summed E-state index contributed by atoms with van der Waals surface area (Å²) in [5.74, 6) is 1.66. The highest BCUT2D eigenvalue weighted by atomic mass is 16.5. The molecule has 21 heavy (non-hydrogen) atoms. The first kappa shape index (κ1) is 16.1. The number of ether oxygens (including phenoxy) is 2. The molecule has 1 aliphatic heterocycles. The molecule has 1 saturated heterocycles. The smallest absolute Gasteiger partial charge is 0.127 e. The molecule has 1 heterocycles. The van der Waals surface area contributed by atoms with E-state index in [0.717, 1.165) is 43.2 Å². The van der Waals surface area contributed by atoms with Crippen LogP contribution in [-0.4, -0.2) is 63.8 Å². The molecule has 0 aliphatic carbocycles. The van der Waals surface area contributed by atoms with Gasteiger partial charge in [0.1, 0.15) is 11.5 Å². The third-order valence-corrected chi connectivity index (χ3v) is 4.22. The molecule has 0 amide bonds. The van der Waals surface area contributed by atoms with Gasteiger partial charge in [-0.15, -0.1) is 0 Å². The maximum atomic E-state index is 6.07. The van der Waals surface area contributed by atoms with E-state index in [1.807, 2.05) is 12.1 Å². The van der Waals surface area contributed by atoms with E-state index in [-0.39, 0.29) is 6.04 Å². The molecule has 5 nitrogen and oxygen atoms in total. The van der Waals surface area contributed by atoms with Crippen molar-refractivity contribution in [3.8, 4) is 11.5 Å². The number of rotatable bonds is 5. The van der Waals surface area contributed by atoms with Gasteiger partial charge in [0.25, 0.3) is 0 Å². The minimum atomic E-state index is 0.192. The Bertz CT molecular complexity index is 453. The van der Waals surface area contributed by atoms with Crippen molar-refractivity contribution in [2.45, 2.75) is 12.5 Å². The Kier molecular flexibility index (Phi) is 5.85. The number of nitrogens with two attached hydrogens (primary N) is 1. The van der Waals surface area contributed by atoms with Crippen LogP contribution in [0, 0.1) is 0 Å². The second-order valence-corrected chi connectivity index (χ2v) is 5.55. The second-order valence-electron chi connectivity index (χ2n) is 5.55. The number of hydrogen-bond acceptors (Lipinski definition) is 5. The Morgan fingerprint density at radius 1 is 1.14 bits per heavy atom. The van der Waals surface area contributed by atoms with Crippen molar-refractivity contribution in [2.75, 3.05) is 54.0 Å². The molecule has 1 aliphatic rings. The lowest BCUT2D eigenvalue weighted by Gasteiger charge is -2.31. The van der Waals surface area contributed by atoms with Gasteiger partial charge in [0, 0.05) is 37.8 Å². The molecule has 0 bridgehead atoms. The number of methoxy groups -OCH3 is 2. The summed E-state index contributed by atoms with van der Waals surface area (Å²) >= 11 is 0. The lowest BCUT2D eigenvalue weighted by atomic mass is 10.0. The number of benzene rings is 1. The van der Waals surface area contributed by atoms with Crippen LogP contribution in [0.15, 0.2) is 18.2 Å². The Balaban J connectivity index is 2.23. The zero-order valence-electron chi connectivity index (χ0n) is 13.3. The fourth-order valence-corrected chi connectivity index (χ4v) is 2.94. The van der Waals surface area contributed by atoms with Crippen LogP contribution in [0.2, 0.25) is 0 Å². The molecule has 1 unspecified atom stereocenters. The maximum Gasteiger partial charge on any atom is 0.127 e. The van der Waals surface area contributed by atoms with E-state index < -0.39 is 0 Å². The Labute approximate surface area is 127 Å². The van der Waals surface area contributed by atoms with Crippen molar-refractivity contribution in [1.82, 2.24) is 9.80 Å². The van der Waals surface area contributed by atoms with Gasteiger partial charge in [-0.05, 0) is 26.1 Å². The molecule has 1 atom stereocenters. The van der Waals surface area contributed by atoms with Gasteiger partial charge >= 0.3 is 0 Å². The molecule has 1 aromatic rings. The molecule has 0 saturated carbocycles. The normalized spacial score (nSPS) is 19.0. The molecule has 1 fully saturated rings. The standard InChI is InChI=1S/C16H27N3O2/c1-18-7-4-8-19(10-9-18)15(12-17)14-6-5-13(20-2)11-16(14)21-3/h5-6,11,15H,4,7-10,12,17H2,1-3H3. The van der Waals surface area contributed by atoms with Crippen LogP contribution >= 0.6 is 0 Å². The summed E-state index contributed by atoms with van der Waals surface area (Å²) in [6.07, 6.45) is 1.17. The second kappa shape index (κ2) is 7.64. The first-order valence-corrected chi connectivity index (χ1v) is 7.54. The molecule has 5 heteroatoms. The van der Waals surface area contributed by atoms with Crippen LogP contribution in [0.4, 0.5) is 0 Å². The first-order chi connectivity index (χ1) is 10.2. The van der Waals surface area contributed by atoms with Gasteiger partial charge in [-0.3, -0.25) is 4.90 Å². The van der Waals surface area contributed by atoms with Gasteiger partial charge in [-0.25, -0.2) is 0 Å². The number of hydrogen-bond donors (Lipinski definition) is 1. The average Bonchev–Trinajstić information content (AvgIpc) is 2.73. The molecule has 2 rings (SSSR count). The third kappa shape index (κ3) is 3.87. The van der Waals surface area contributed by atoms with Crippen molar-refractivity contribution in [1.29, 1.82) is 0 Å². The molecule has 0 spiro atoms. The van der Waals surface area contributed by atoms with E-state index in [2.05, 4.69) is 22.9 Å². The summed E-state index contributed by atoms with van der Waals surface area (Å²) in [6.45, 7) is 4.92. The van der Waals surface area contributed by atoms with E-state index in [9.17, 15) is 0 Å². The minimum absolute atomic E-state index is 0.192. The van der Waals surface area contributed by atoms with Crippen LogP contribution < -0.4 is 15.2 Å². The van der Waals surface area contributed by atoms with Gasteiger partial charge in [-0.1, -0.05) is 6.07 Å². The summed E-state index contributed by atoms with van der Waals surface area (Å²) in [4.78, 5) is 4.84. The van der Waals surface area contributed by atoms with Crippen molar-refractivity contribution >= 4 is 0 Å². The van der Waals surface area contributed by atoms with Crippen molar-refractivity contribution < 1.29 is 9.47 Å². The molecule has 0 aromatic heterocycles. The Morgan fingerprint density at radius 3 is 2.62 bits per heavy atom. The van der Waals surface area contributed by atoms with Crippen LogP contribution in [0.5, 0.6) is 11.5 Å². The maximum absolute atomic E-state index is 6.07. The molecule has 1 aromatic carbocycles. The third-order valence-electron chi connectivity index (χ3n) is 4.22. The molecule has 118 valence electrons. The highest BCUT2D eigenvalue weighted by Gasteiger charge is 2.24. The fraction of sp³-hybridized carbons (Fsp3) is 0.625. The predicted molar refractivity (Wildman–Crippen MR) is 85.0 cm³/mol. The fourth-order valence-electron chi connectivity index (χ4n) is 2.94. The summed E-state index contributed by atoms with van der Waals surface area (Å²) in [5.41, 5.74) is 7.22. The largest absolute Gasteiger partial charge is 0.497 e. The quantitative estimate of drug-likeness (QED) is 0.888. The summed E-state index contributed by atoms with van der Waals surface area (Å²) < 4.78 is 10.8. The van der Waals surface area contributed by atoms with Crippen LogP contribution in [0.3, 0.4) is 0 Å².